The number of rotatable bonds is 5. The molecule has 1 amide bonds. The van der Waals surface area contributed by atoms with Crippen molar-refractivity contribution in [2.75, 3.05) is 27.3 Å². The van der Waals surface area contributed by atoms with E-state index in [1.807, 2.05) is 0 Å². The standard InChI is InChI=1S/C9H14NO5/c1-4-7(11)10(5-8(12)14-2)6-9(13)15-3/h4H,5-6H2,1-3H3. The molecule has 6 heteroatoms. The zero-order valence-electron chi connectivity index (χ0n) is 8.98. The van der Waals surface area contributed by atoms with Gasteiger partial charge in [0.05, 0.1) is 14.2 Å². The van der Waals surface area contributed by atoms with E-state index in [-0.39, 0.29) is 13.1 Å². The second kappa shape index (κ2) is 6.80. The average molecular weight is 216 g/mol. The monoisotopic (exact) mass is 216 g/mol. The minimum atomic E-state index is -0.589. The molecule has 6 nitrogen and oxygen atoms in total. The van der Waals surface area contributed by atoms with Gasteiger partial charge in [-0.1, -0.05) is 6.92 Å². The molecule has 15 heavy (non-hydrogen) atoms. The zero-order valence-corrected chi connectivity index (χ0v) is 8.98. The Bertz CT molecular complexity index is 233. The highest BCUT2D eigenvalue weighted by atomic mass is 16.5. The lowest BCUT2D eigenvalue weighted by Crippen LogP contribution is -2.40. The van der Waals surface area contributed by atoms with Crippen molar-refractivity contribution in [3.8, 4) is 0 Å². The fraction of sp³-hybridized carbons (Fsp3) is 0.556. The predicted octanol–water partition coefficient (Wildman–Crippen LogP) is -0.615. The summed E-state index contributed by atoms with van der Waals surface area (Å²) in [6.07, 6.45) is 1.26. The van der Waals surface area contributed by atoms with Crippen LogP contribution in [0.2, 0.25) is 0 Å². The van der Waals surface area contributed by atoms with Crippen LogP contribution < -0.4 is 0 Å². The SMILES string of the molecule is C[CH]C(=O)N(CC(=O)OC)CC(=O)OC. The summed E-state index contributed by atoms with van der Waals surface area (Å²) in [7, 11) is 2.41. The minimum Gasteiger partial charge on any atom is -0.468 e. The molecule has 0 unspecified atom stereocenters. The van der Waals surface area contributed by atoms with Crippen LogP contribution >= 0.6 is 0 Å². The van der Waals surface area contributed by atoms with E-state index in [0.717, 1.165) is 4.90 Å². The lowest BCUT2D eigenvalue weighted by atomic mass is 10.3. The molecule has 0 saturated carbocycles. The van der Waals surface area contributed by atoms with Gasteiger partial charge in [0.2, 0.25) is 5.91 Å². The molecule has 85 valence electrons. The van der Waals surface area contributed by atoms with Gasteiger partial charge in [0.25, 0.3) is 0 Å². The van der Waals surface area contributed by atoms with Gasteiger partial charge in [0, 0.05) is 6.42 Å². The third-order valence-corrected chi connectivity index (χ3v) is 1.65. The lowest BCUT2D eigenvalue weighted by molar-refractivity contribution is -0.150. The van der Waals surface area contributed by atoms with Gasteiger partial charge in [-0.05, 0) is 0 Å². The predicted molar refractivity (Wildman–Crippen MR) is 50.6 cm³/mol. The first-order chi connectivity index (χ1) is 7.04. The van der Waals surface area contributed by atoms with Crippen molar-refractivity contribution < 1.29 is 23.9 Å². The molecule has 0 atom stereocenters. The van der Waals surface area contributed by atoms with Gasteiger partial charge in [-0.25, -0.2) is 0 Å². The number of carbonyl (C=O) groups excluding carboxylic acids is 3. The average Bonchev–Trinajstić information content (AvgIpc) is 2.26. The van der Waals surface area contributed by atoms with Crippen molar-refractivity contribution in [2.24, 2.45) is 0 Å². The number of esters is 2. The normalized spacial score (nSPS) is 9.27. The van der Waals surface area contributed by atoms with Crippen LogP contribution in [0.5, 0.6) is 0 Å². The molecule has 0 fully saturated rings. The molecule has 0 aromatic carbocycles. The van der Waals surface area contributed by atoms with Crippen molar-refractivity contribution in [3.05, 3.63) is 6.42 Å². The Labute approximate surface area is 88.1 Å². The van der Waals surface area contributed by atoms with Crippen molar-refractivity contribution in [1.29, 1.82) is 0 Å². The van der Waals surface area contributed by atoms with E-state index in [4.69, 9.17) is 0 Å². The molecule has 0 aromatic rings. The second-order valence-electron chi connectivity index (χ2n) is 2.64. The van der Waals surface area contributed by atoms with Crippen LogP contribution in [0, 0.1) is 6.42 Å². The van der Waals surface area contributed by atoms with E-state index in [9.17, 15) is 14.4 Å². The van der Waals surface area contributed by atoms with Crippen molar-refractivity contribution >= 4 is 17.8 Å². The number of methoxy groups -OCH3 is 2. The number of hydrogen-bond acceptors (Lipinski definition) is 5. The topological polar surface area (TPSA) is 72.9 Å². The van der Waals surface area contributed by atoms with Crippen molar-refractivity contribution in [3.63, 3.8) is 0 Å². The Kier molecular flexibility index (Phi) is 6.08. The largest absolute Gasteiger partial charge is 0.468 e. The zero-order chi connectivity index (χ0) is 11.8. The Morgan fingerprint density at radius 2 is 1.47 bits per heavy atom. The molecule has 0 spiro atoms. The molecule has 0 rings (SSSR count). The number of amides is 1. The highest BCUT2D eigenvalue weighted by molar-refractivity contribution is 5.90. The second-order valence-corrected chi connectivity index (χ2v) is 2.64. The highest BCUT2D eigenvalue weighted by Crippen LogP contribution is 1.95. The molecular formula is C9H14NO5. The molecule has 0 aliphatic heterocycles. The summed E-state index contributed by atoms with van der Waals surface area (Å²) in [4.78, 5) is 34.2. The molecule has 0 heterocycles. The summed E-state index contributed by atoms with van der Waals surface area (Å²) in [6.45, 7) is 0.980. The van der Waals surface area contributed by atoms with E-state index >= 15 is 0 Å². The molecule has 0 aliphatic rings. The van der Waals surface area contributed by atoms with Crippen molar-refractivity contribution in [1.82, 2.24) is 4.90 Å². The fourth-order valence-corrected chi connectivity index (χ4v) is 0.835. The summed E-state index contributed by atoms with van der Waals surface area (Å²) in [6, 6.07) is 0. The van der Waals surface area contributed by atoms with Crippen LogP contribution in [0.1, 0.15) is 6.92 Å². The van der Waals surface area contributed by atoms with Gasteiger partial charge in [-0.2, -0.15) is 0 Å². The third kappa shape index (κ3) is 4.99. The molecule has 0 aromatic heterocycles. The molecule has 0 aliphatic carbocycles. The quantitative estimate of drug-likeness (QED) is 0.573. The first-order valence-electron chi connectivity index (χ1n) is 4.27. The molecule has 0 saturated heterocycles. The Morgan fingerprint density at radius 3 is 1.73 bits per heavy atom. The van der Waals surface area contributed by atoms with E-state index in [0.29, 0.717) is 0 Å². The summed E-state index contributed by atoms with van der Waals surface area (Å²) in [5, 5.41) is 0. The van der Waals surface area contributed by atoms with Gasteiger partial charge in [0.1, 0.15) is 13.1 Å². The maximum atomic E-state index is 11.3. The van der Waals surface area contributed by atoms with E-state index in [2.05, 4.69) is 9.47 Å². The van der Waals surface area contributed by atoms with E-state index in [1.54, 1.807) is 0 Å². The lowest BCUT2D eigenvalue weighted by Gasteiger charge is -2.18. The van der Waals surface area contributed by atoms with Gasteiger partial charge in [-0.3, -0.25) is 14.4 Å². The summed E-state index contributed by atoms with van der Waals surface area (Å²) in [5.74, 6) is -1.60. The van der Waals surface area contributed by atoms with Gasteiger partial charge in [0.15, 0.2) is 0 Å². The minimum absolute atomic E-state index is 0.269. The molecule has 1 radical (unpaired) electrons. The van der Waals surface area contributed by atoms with Crippen LogP contribution in [0.25, 0.3) is 0 Å². The summed E-state index contributed by atoms with van der Waals surface area (Å²) >= 11 is 0. The van der Waals surface area contributed by atoms with Crippen LogP contribution in [0.4, 0.5) is 0 Å². The molecular weight excluding hydrogens is 202 g/mol. The van der Waals surface area contributed by atoms with E-state index in [1.165, 1.54) is 27.6 Å². The number of ether oxygens (including phenoxy) is 2. The van der Waals surface area contributed by atoms with Crippen LogP contribution in [0.3, 0.4) is 0 Å². The van der Waals surface area contributed by atoms with Crippen LogP contribution in [0.15, 0.2) is 0 Å². The molecule has 0 bridgehead atoms. The maximum Gasteiger partial charge on any atom is 0.325 e. The van der Waals surface area contributed by atoms with Gasteiger partial charge >= 0.3 is 11.9 Å². The van der Waals surface area contributed by atoms with Crippen LogP contribution in [-0.2, 0) is 23.9 Å². The van der Waals surface area contributed by atoms with Gasteiger partial charge < -0.3 is 14.4 Å². The Hall–Kier alpha value is -1.59. The summed E-state index contributed by atoms with van der Waals surface area (Å²) < 4.78 is 8.78. The third-order valence-electron chi connectivity index (χ3n) is 1.65. The first kappa shape index (κ1) is 13.4. The van der Waals surface area contributed by atoms with Crippen LogP contribution in [-0.4, -0.2) is 50.1 Å². The Morgan fingerprint density at radius 1 is 1.07 bits per heavy atom. The van der Waals surface area contributed by atoms with E-state index < -0.39 is 17.8 Å². The van der Waals surface area contributed by atoms with Gasteiger partial charge in [-0.15, -0.1) is 0 Å². The van der Waals surface area contributed by atoms with Crippen molar-refractivity contribution in [2.45, 2.75) is 6.92 Å². The highest BCUT2D eigenvalue weighted by Gasteiger charge is 2.19. The Balaban J connectivity index is 4.37. The fourth-order valence-electron chi connectivity index (χ4n) is 0.835. The first-order valence-corrected chi connectivity index (χ1v) is 4.27. The number of nitrogens with zero attached hydrogens (tertiary/aromatic N) is 1. The maximum absolute atomic E-state index is 11.3. The molecule has 0 N–H and O–H groups in total. The smallest absolute Gasteiger partial charge is 0.325 e. The number of carbonyl (C=O) groups is 3. The summed E-state index contributed by atoms with van der Waals surface area (Å²) in [5.41, 5.74) is 0. The number of hydrogen-bond donors (Lipinski definition) is 0.